The Hall–Kier alpha value is -4.13. The third-order valence-corrected chi connectivity index (χ3v) is 3.40. The SMILES string of the molecule is C=C(C#N)/C=C\C=C(/N)CN(/C=C\C)C(=N)c1cc(C(=N)OC(=N)C(F)F)ccn1. The fraction of sp³-hybridized carbons (Fsp3) is 0.150. The van der Waals surface area contributed by atoms with Crippen LogP contribution in [0.4, 0.5) is 8.78 Å². The molecule has 1 aromatic rings. The molecule has 0 unspecified atom stereocenters. The molecule has 0 bridgehead atoms. The van der Waals surface area contributed by atoms with Crippen molar-refractivity contribution in [2.75, 3.05) is 6.54 Å². The van der Waals surface area contributed by atoms with E-state index in [1.54, 1.807) is 31.4 Å². The van der Waals surface area contributed by atoms with Crippen LogP contribution in [0.25, 0.3) is 0 Å². The summed E-state index contributed by atoms with van der Waals surface area (Å²) < 4.78 is 29.4. The van der Waals surface area contributed by atoms with Gasteiger partial charge < -0.3 is 15.4 Å². The molecule has 0 spiro atoms. The molecule has 0 fully saturated rings. The quantitative estimate of drug-likeness (QED) is 0.223. The zero-order valence-corrected chi connectivity index (χ0v) is 16.2. The summed E-state index contributed by atoms with van der Waals surface area (Å²) in [6.45, 7) is 5.39. The lowest BCUT2D eigenvalue weighted by Gasteiger charge is -2.21. The molecular weight excluding hydrogens is 392 g/mol. The Morgan fingerprint density at radius 3 is 2.73 bits per heavy atom. The molecule has 30 heavy (non-hydrogen) atoms. The molecule has 156 valence electrons. The van der Waals surface area contributed by atoms with Crippen molar-refractivity contribution in [3.05, 3.63) is 77.9 Å². The molecule has 1 heterocycles. The maximum Gasteiger partial charge on any atom is 0.312 e. The molecule has 1 aromatic heterocycles. The van der Waals surface area contributed by atoms with Crippen LogP contribution in [0.3, 0.4) is 0 Å². The van der Waals surface area contributed by atoms with Gasteiger partial charge in [-0.25, -0.2) is 0 Å². The van der Waals surface area contributed by atoms with Gasteiger partial charge in [-0.15, -0.1) is 0 Å². The second-order valence-electron chi connectivity index (χ2n) is 5.72. The van der Waals surface area contributed by atoms with Crippen molar-refractivity contribution in [1.82, 2.24) is 9.88 Å². The molecule has 10 heteroatoms. The van der Waals surface area contributed by atoms with E-state index in [-0.39, 0.29) is 29.2 Å². The predicted molar refractivity (Wildman–Crippen MR) is 110 cm³/mol. The van der Waals surface area contributed by atoms with E-state index in [0.29, 0.717) is 5.70 Å². The summed E-state index contributed by atoms with van der Waals surface area (Å²) in [5, 5.41) is 31.8. The highest BCUT2D eigenvalue weighted by molar-refractivity contribution is 6.02. The van der Waals surface area contributed by atoms with Gasteiger partial charge in [0.15, 0.2) is 5.84 Å². The molecular formula is C20H21F2N7O. The number of allylic oxidation sites excluding steroid dienone is 5. The fourth-order valence-corrected chi connectivity index (χ4v) is 2.02. The summed E-state index contributed by atoms with van der Waals surface area (Å²) in [5.41, 5.74) is 6.84. The van der Waals surface area contributed by atoms with E-state index < -0.39 is 18.2 Å². The number of aromatic nitrogens is 1. The summed E-state index contributed by atoms with van der Waals surface area (Å²) in [6, 6.07) is 4.54. The topological polar surface area (TPSA) is 147 Å². The number of nitrogens with two attached hydrogens (primary N) is 1. The first-order valence-corrected chi connectivity index (χ1v) is 8.49. The van der Waals surface area contributed by atoms with E-state index in [2.05, 4.69) is 16.3 Å². The highest BCUT2D eigenvalue weighted by Gasteiger charge is 2.18. The van der Waals surface area contributed by atoms with Crippen molar-refractivity contribution in [3.63, 3.8) is 0 Å². The van der Waals surface area contributed by atoms with Crippen LogP contribution in [0, 0.1) is 27.6 Å². The normalized spacial score (nSPS) is 11.5. The van der Waals surface area contributed by atoms with Crippen molar-refractivity contribution >= 4 is 17.6 Å². The Bertz CT molecular complexity index is 958. The van der Waals surface area contributed by atoms with Crippen molar-refractivity contribution < 1.29 is 13.5 Å². The molecule has 0 radical (unpaired) electrons. The highest BCUT2D eigenvalue weighted by atomic mass is 19.3. The molecule has 0 amide bonds. The van der Waals surface area contributed by atoms with Crippen molar-refractivity contribution in [2.24, 2.45) is 5.73 Å². The maximum atomic E-state index is 12.4. The summed E-state index contributed by atoms with van der Waals surface area (Å²) in [5.74, 6) is -2.06. The molecule has 0 aliphatic carbocycles. The fourth-order valence-electron chi connectivity index (χ4n) is 2.02. The van der Waals surface area contributed by atoms with Gasteiger partial charge in [0.2, 0.25) is 5.90 Å². The van der Waals surface area contributed by atoms with Crippen LogP contribution in [-0.4, -0.2) is 40.5 Å². The van der Waals surface area contributed by atoms with Crippen molar-refractivity contribution in [2.45, 2.75) is 13.3 Å². The number of ether oxygens (including phenoxy) is 1. The molecule has 5 N–H and O–H groups in total. The minimum atomic E-state index is -3.13. The zero-order chi connectivity index (χ0) is 22.7. The summed E-state index contributed by atoms with van der Waals surface area (Å²) >= 11 is 0. The van der Waals surface area contributed by atoms with Gasteiger partial charge in [-0.1, -0.05) is 18.7 Å². The second kappa shape index (κ2) is 11.7. The van der Waals surface area contributed by atoms with Gasteiger partial charge in [-0.05, 0) is 31.2 Å². The van der Waals surface area contributed by atoms with Crippen molar-refractivity contribution in [3.8, 4) is 6.07 Å². The molecule has 1 rings (SSSR count). The number of rotatable bonds is 8. The third kappa shape index (κ3) is 7.47. The average Bonchev–Trinajstić information content (AvgIpc) is 2.72. The Labute approximate surface area is 172 Å². The van der Waals surface area contributed by atoms with Gasteiger partial charge in [0.25, 0.3) is 5.90 Å². The molecule has 0 atom stereocenters. The van der Waals surface area contributed by atoms with Crippen LogP contribution in [0.2, 0.25) is 0 Å². The van der Waals surface area contributed by atoms with E-state index in [0.717, 1.165) is 0 Å². The molecule has 0 aliphatic heterocycles. The number of alkyl halides is 2. The largest absolute Gasteiger partial charge is 0.419 e. The van der Waals surface area contributed by atoms with Crippen LogP contribution >= 0.6 is 0 Å². The summed E-state index contributed by atoms with van der Waals surface area (Å²) in [7, 11) is 0. The molecule has 0 saturated carbocycles. The molecule has 8 nitrogen and oxygen atoms in total. The van der Waals surface area contributed by atoms with Gasteiger partial charge in [0, 0.05) is 29.2 Å². The number of amidine groups is 1. The van der Waals surface area contributed by atoms with Gasteiger partial charge >= 0.3 is 6.43 Å². The minimum Gasteiger partial charge on any atom is -0.419 e. The van der Waals surface area contributed by atoms with Gasteiger partial charge in [0.1, 0.15) is 5.69 Å². The van der Waals surface area contributed by atoms with Crippen LogP contribution < -0.4 is 5.73 Å². The van der Waals surface area contributed by atoms with Crippen molar-refractivity contribution in [1.29, 1.82) is 21.5 Å². The monoisotopic (exact) mass is 413 g/mol. The molecule has 0 saturated heterocycles. The first-order chi connectivity index (χ1) is 14.2. The zero-order valence-electron chi connectivity index (χ0n) is 16.2. The first-order valence-electron chi connectivity index (χ1n) is 8.49. The number of nitriles is 1. The van der Waals surface area contributed by atoms with E-state index in [1.807, 2.05) is 6.07 Å². The standard InChI is InChI=1S/C20H21F2N7O/c1-3-9-29(12-15(24)6-4-5-13(2)11-23)18(25)16-10-14(7-8-28-16)19(26)30-20(27)17(21)22/h3-10,17,25-27H,2,12,24H2,1H3/b5-4-,9-3-,15-6-,25-18?,26-19?,27-20?. The van der Waals surface area contributed by atoms with Crippen LogP contribution in [0.15, 0.2) is 66.7 Å². The smallest absolute Gasteiger partial charge is 0.312 e. The lowest BCUT2D eigenvalue weighted by Crippen LogP contribution is -2.30. The number of nitrogens with one attached hydrogen (secondary N) is 3. The summed E-state index contributed by atoms with van der Waals surface area (Å²) in [6.07, 6.45) is 6.07. The molecule has 0 aromatic carbocycles. The average molecular weight is 413 g/mol. The minimum absolute atomic E-state index is 0.0616. The number of nitrogens with zero attached hydrogens (tertiary/aromatic N) is 3. The molecule has 0 aliphatic rings. The Kier molecular flexibility index (Phi) is 9.29. The lowest BCUT2D eigenvalue weighted by atomic mass is 10.2. The van der Waals surface area contributed by atoms with E-state index >= 15 is 0 Å². The number of pyridine rings is 1. The number of halogens is 2. The lowest BCUT2D eigenvalue weighted by molar-refractivity contribution is 0.197. The van der Waals surface area contributed by atoms with Crippen LogP contribution in [-0.2, 0) is 4.74 Å². The Balaban J connectivity index is 3.02. The highest BCUT2D eigenvalue weighted by Crippen LogP contribution is 2.10. The predicted octanol–water partition coefficient (Wildman–Crippen LogP) is 3.31. The third-order valence-electron chi connectivity index (χ3n) is 3.40. The Morgan fingerprint density at radius 2 is 2.13 bits per heavy atom. The van der Waals surface area contributed by atoms with E-state index in [9.17, 15) is 8.78 Å². The van der Waals surface area contributed by atoms with Gasteiger partial charge in [-0.3, -0.25) is 21.2 Å². The maximum absolute atomic E-state index is 12.4. The van der Waals surface area contributed by atoms with E-state index in [4.69, 9.17) is 27.2 Å². The van der Waals surface area contributed by atoms with Gasteiger partial charge in [-0.2, -0.15) is 14.0 Å². The van der Waals surface area contributed by atoms with Gasteiger partial charge in [0.05, 0.1) is 12.6 Å². The number of hydrogen-bond donors (Lipinski definition) is 4. The summed E-state index contributed by atoms with van der Waals surface area (Å²) in [4.78, 5) is 5.55. The first kappa shape index (κ1) is 23.9. The number of hydrogen-bond acceptors (Lipinski definition) is 7. The van der Waals surface area contributed by atoms with Crippen LogP contribution in [0.5, 0.6) is 0 Å². The van der Waals surface area contributed by atoms with Crippen LogP contribution in [0.1, 0.15) is 18.2 Å². The second-order valence-corrected chi connectivity index (χ2v) is 5.72. The van der Waals surface area contributed by atoms with E-state index in [1.165, 1.54) is 29.3 Å². The Morgan fingerprint density at radius 1 is 1.43 bits per heavy atom.